The summed E-state index contributed by atoms with van der Waals surface area (Å²) >= 11 is 1.65. The molecule has 2 aromatic heterocycles. The SMILES string of the molecule is Cc1csc([C@@H]2CCCCN2C(=O)Cn2cncn2)n1. The Morgan fingerprint density at radius 2 is 2.40 bits per heavy atom. The zero-order chi connectivity index (χ0) is 13.9. The molecule has 0 radical (unpaired) electrons. The molecular weight excluding hydrogens is 274 g/mol. The highest BCUT2D eigenvalue weighted by Crippen LogP contribution is 2.32. The fourth-order valence-electron chi connectivity index (χ4n) is 2.56. The highest BCUT2D eigenvalue weighted by Gasteiger charge is 2.29. The number of carbonyl (C=O) groups excluding carboxylic acids is 1. The summed E-state index contributed by atoms with van der Waals surface area (Å²) in [5.41, 5.74) is 1.03. The number of likely N-dealkylation sites (tertiary alicyclic amines) is 1. The molecule has 0 bridgehead atoms. The van der Waals surface area contributed by atoms with Gasteiger partial charge in [-0.25, -0.2) is 14.6 Å². The van der Waals surface area contributed by atoms with Crippen LogP contribution in [0.15, 0.2) is 18.0 Å². The minimum atomic E-state index is 0.0908. The Kier molecular flexibility index (Phi) is 3.77. The van der Waals surface area contributed by atoms with Crippen molar-refractivity contribution < 1.29 is 4.79 Å². The van der Waals surface area contributed by atoms with Crippen molar-refractivity contribution in [1.29, 1.82) is 0 Å². The fourth-order valence-corrected chi connectivity index (χ4v) is 3.50. The van der Waals surface area contributed by atoms with Crippen LogP contribution < -0.4 is 0 Å². The first-order valence-corrected chi connectivity index (χ1v) is 7.66. The summed E-state index contributed by atoms with van der Waals surface area (Å²) in [5, 5.41) is 7.09. The van der Waals surface area contributed by atoms with Gasteiger partial charge in [0.05, 0.1) is 6.04 Å². The van der Waals surface area contributed by atoms with E-state index < -0.39 is 0 Å². The Hall–Kier alpha value is -1.76. The number of hydrogen-bond donors (Lipinski definition) is 0. The second-order valence-corrected chi connectivity index (χ2v) is 5.91. The number of nitrogens with zero attached hydrogens (tertiary/aromatic N) is 5. The average Bonchev–Trinajstić information content (AvgIpc) is 3.10. The molecule has 0 N–H and O–H groups in total. The van der Waals surface area contributed by atoms with Crippen molar-refractivity contribution in [2.75, 3.05) is 6.54 Å². The number of thiazole rings is 1. The van der Waals surface area contributed by atoms with Crippen LogP contribution in [0.3, 0.4) is 0 Å². The van der Waals surface area contributed by atoms with Crippen LogP contribution in [0.25, 0.3) is 0 Å². The molecule has 1 aliphatic rings. The largest absolute Gasteiger partial charge is 0.332 e. The normalized spacial score (nSPS) is 19.2. The van der Waals surface area contributed by atoms with Gasteiger partial charge in [0.15, 0.2) is 0 Å². The first-order valence-electron chi connectivity index (χ1n) is 6.78. The molecule has 3 rings (SSSR count). The van der Waals surface area contributed by atoms with Crippen LogP contribution in [0.4, 0.5) is 0 Å². The van der Waals surface area contributed by atoms with E-state index in [-0.39, 0.29) is 18.5 Å². The van der Waals surface area contributed by atoms with E-state index in [0.717, 1.165) is 36.5 Å². The number of aryl methyl sites for hydroxylation is 1. The monoisotopic (exact) mass is 291 g/mol. The summed E-state index contributed by atoms with van der Waals surface area (Å²) in [4.78, 5) is 22.8. The number of hydrogen-bond acceptors (Lipinski definition) is 5. The predicted molar refractivity (Wildman–Crippen MR) is 75.2 cm³/mol. The van der Waals surface area contributed by atoms with Gasteiger partial charge in [-0.2, -0.15) is 5.10 Å². The third-order valence-electron chi connectivity index (χ3n) is 3.51. The molecule has 1 amide bonds. The Morgan fingerprint density at radius 1 is 1.50 bits per heavy atom. The van der Waals surface area contributed by atoms with Crippen molar-refractivity contribution in [3.63, 3.8) is 0 Å². The van der Waals surface area contributed by atoms with E-state index in [1.165, 1.54) is 6.33 Å². The molecule has 3 heterocycles. The van der Waals surface area contributed by atoms with Crippen molar-refractivity contribution in [1.82, 2.24) is 24.6 Å². The number of aromatic nitrogens is 4. The molecule has 0 unspecified atom stereocenters. The zero-order valence-electron chi connectivity index (χ0n) is 11.4. The lowest BCUT2D eigenvalue weighted by atomic mass is 10.0. The van der Waals surface area contributed by atoms with Crippen molar-refractivity contribution >= 4 is 17.2 Å². The summed E-state index contributed by atoms with van der Waals surface area (Å²) in [5.74, 6) is 0.0908. The van der Waals surface area contributed by atoms with Crippen LogP contribution in [0, 0.1) is 6.92 Å². The van der Waals surface area contributed by atoms with E-state index >= 15 is 0 Å². The van der Waals surface area contributed by atoms with Crippen molar-refractivity contribution in [3.8, 4) is 0 Å². The van der Waals surface area contributed by atoms with Crippen molar-refractivity contribution in [2.45, 2.75) is 38.8 Å². The van der Waals surface area contributed by atoms with Gasteiger partial charge in [-0.3, -0.25) is 4.79 Å². The first kappa shape index (κ1) is 13.2. The van der Waals surface area contributed by atoms with Gasteiger partial charge in [0.1, 0.15) is 24.2 Å². The van der Waals surface area contributed by atoms with E-state index in [9.17, 15) is 4.79 Å². The van der Waals surface area contributed by atoms with E-state index in [2.05, 4.69) is 15.1 Å². The van der Waals surface area contributed by atoms with Gasteiger partial charge in [0.25, 0.3) is 0 Å². The highest BCUT2D eigenvalue weighted by atomic mass is 32.1. The third-order valence-corrected chi connectivity index (χ3v) is 4.57. The van der Waals surface area contributed by atoms with Crippen molar-refractivity contribution in [3.05, 3.63) is 28.7 Å². The Balaban J connectivity index is 1.76. The number of amides is 1. The molecule has 1 atom stereocenters. The number of carbonyl (C=O) groups is 1. The molecule has 20 heavy (non-hydrogen) atoms. The molecule has 1 aliphatic heterocycles. The second kappa shape index (κ2) is 5.70. The summed E-state index contributed by atoms with van der Waals surface area (Å²) in [7, 11) is 0. The number of rotatable bonds is 3. The van der Waals surface area contributed by atoms with E-state index in [4.69, 9.17) is 0 Å². The minimum Gasteiger partial charge on any atom is -0.332 e. The van der Waals surface area contributed by atoms with Crippen molar-refractivity contribution in [2.24, 2.45) is 0 Å². The lowest BCUT2D eigenvalue weighted by Gasteiger charge is -2.34. The van der Waals surface area contributed by atoms with Gasteiger partial charge in [-0.15, -0.1) is 11.3 Å². The minimum absolute atomic E-state index is 0.0908. The second-order valence-electron chi connectivity index (χ2n) is 5.02. The quantitative estimate of drug-likeness (QED) is 0.865. The average molecular weight is 291 g/mol. The fraction of sp³-hybridized carbons (Fsp3) is 0.538. The molecule has 0 aliphatic carbocycles. The van der Waals surface area contributed by atoms with Crippen LogP contribution in [0.5, 0.6) is 0 Å². The first-order chi connectivity index (χ1) is 9.74. The standard InChI is InChI=1S/C13H17N5OS/c1-10-7-20-13(16-10)11-4-2-3-5-18(11)12(19)6-17-9-14-8-15-17/h7-9,11H,2-6H2,1H3/t11-/m0/s1. The molecule has 6 nitrogen and oxygen atoms in total. The molecule has 0 aromatic carbocycles. The molecule has 0 saturated carbocycles. The van der Waals surface area contributed by atoms with Crippen LogP contribution in [0.1, 0.15) is 36.0 Å². The van der Waals surface area contributed by atoms with Crippen LogP contribution in [0.2, 0.25) is 0 Å². The van der Waals surface area contributed by atoms with Gasteiger partial charge in [-0.1, -0.05) is 0 Å². The van der Waals surface area contributed by atoms with Gasteiger partial charge < -0.3 is 4.90 Å². The van der Waals surface area contributed by atoms with Gasteiger partial charge in [0, 0.05) is 17.6 Å². The summed E-state index contributed by atoms with van der Waals surface area (Å²) in [6.07, 6.45) is 6.23. The topological polar surface area (TPSA) is 63.9 Å². The maximum atomic E-state index is 12.5. The lowest BCUT2D eigenvalue weighted by molar-refractivity contribution is -0.136. The zero-order valence-corrected chi connectivity index (χ0v) is 12.2. The summed E-state index contributed by atoms with van der Waals surface area (Å²) in [6, 6.07) is 0.124. The molecular formula is C13H17N5OS. The van der Waals surface area contributed by atoms with E-state index in [1.54, 1.807) is 22.3 Å². The predicted octanol–water partition coefficient (Wildman–Crippen LogP) is 1.80. The maximum absolute atomic E-state index is 12.5. The Labute approximate surface area is 121 Å². The van der Waals surface area contributed by atoms with Gasteiger partial charge in [0.2, 0.25) is 5.91 Å². The maximum Gasteiger partial charge on any atom is 0.244 e. The van der Waals surface area contributed by atoms with Crippen LogP contribution in [-0.4, -0.2) is 37.1 Å². The Bertz CT molecular complexity index is 579. The number of piperidine rings is 1. The van der Waals surface area contributed by atoms with Crippen LogP contribution in [-0.2, 0) is 11.3 Å². The van der Waals surface area contributed by atoms with Gasteiger partial charge in [-0.05, 0) is 26.2 Å². The summed E-state index contributed by atoms with van der Waals surface area (Å²) in [6.45, 7) is 3.04. The molecule has 0 spiro atoms. The molecule has 1 saturated heterocycles. The molecule has 2 aromatic rings. The summed E-state index contributed by atoms with van der Waals surface area (Å²) < 4.78 is 1.57. The molecule has 7 heteroatoms. The molecule has 106 valence electrons. The van der Waals surface area contributed by atoms with E-state index in [1.807, 2.05) is 17.2 Å². The Morgan fingerprint density at radius 3 is 3.10 bits per heavy atom. The van der Waals surface area contributed by atoms with E-state index in [0.29, 0.717) is 0 Å². The third kappa shape index (κ3) is 2.72. The van der Waals surface area contributed by atoms with Crippen LogP contribution >= 0.6 is 11.3 Å². The lowest BCUT2D eigenvalue weighted by Crippen LogP contribution is -2.40. The molecule has 1 fully saturated rings. The smallest absolute Gasteiger partial charge is 0.244 e. The highest BCUT2D eigenvalue weighted by molar-refractivity contribution is 7.09. The van der Waals surface area contributed by atoms with Gasteiger partial charge >= 0.3 is 0 Å².